The maximum absolute atomic E-state index is 13.1. The first kappa shape index (κ1) is 17.5. The molecule has 0 N–H and O–H groups in total. The topological polar surface area (TPSA) is 62.6 Å². The van der Waals surface area contributed by atoms with Gasteiger partial charge < -0.3 is 0 Å². The maximum Gasteiger partial charge on any atom is 0.243 e. The average Bonchev–Trinajstić information content (AvgIpc) is 2.63. The Morgan fingerprint density at radius 1 is 1.16 bits per heavy atom. The minimum atomic E-state index is -3.62. The molecule has 0 bridgehead atoms. The van der Waals surface area contributed by atoms with Crippen molar-refractivity contribution in [2.24, 2.45) is 4.99 Å². The lowest BCUT2D eigenvalue weighted by atomic mass is 10.1. The molecule has 2 heterocycles. The van der Waals surface area contributed by atoms with Crippen LogP contribution in [0.3, 0.4) is 0 Å². The Kier molecular flexibility index (Phi) is 5.40. The van der Waals surface area contributed by atoms with Crippen molar-refractivity contribution in [2.75, 3.05) is 6.54 Å². The first-order valence-electron chi connectivity index (χ1n) is 8.21. The van der Waals surface area contributed by atoms with E-state index in [9.17, 15) is 8.42 Å². The van der Waals surface area contributed by atoms with Gasteiger partial charge in [-0.15, -0.1) is 0 Å². The van der Waals surface area contributed by atoms with Crippen molar-refractivity contribution in [3.05, 3.63) is 72.1 Å². The first-order valence-corrected chi connectivity index (χ1v) is 9.65. The fourth-order valence-electron chi connectivity index (χ4n) is 2.66. The summed E-state index contributed by atoms with van der Waals surface area (Å²) in [6.07, 6.45) is 8.03. The lowest BCUT2D eigenvalue weighted by molar-refractivity contribution is 0.375. The number of dihydropyridines is 1. The number of aryl methyl sites for hydroxylation is 1. The quantitative estimate of drug-likeness (QED) is 0.800. The average molecular weight is 355 g/mol. The minimum Gasteiger partial charge on any atom is -0.288 e. The third kappa shape index (κ3) is 4.41. The summed E-state index contributed by atoms with van der Waals surface area (Å²) in [6, 6.07) is 12.4. The molecule has 3 rings (SSSR count). The Labute approximate surface area is 148 Å². The van der Waals surface area contributed by atoms with Gasteiger partial charge in [0.15, 0.2) is 0 Å². The van der Waals surface area contributed by atoms with Crippen LogP contribution in [0.2, 0.25) is 0 Å². The van der Waals surface area contributed by atoms with Crippen molar-refractivity contribution >= 4 is 16.2 Å². The van der Waals surface area contributed by atoms with Crippen LogP contribution in [-0.4, -0.2) is 36.5 Å². The first-order chi connectivity index (χ1) is 12.1. The largest absolute Gasteiger partial charge is 0.288 e. The number of rotatable bonds is 6. The lowest BCUT2D eigenvalue weighted by Crippen LogP contribution is -2.37. The molecule has 0 amide bonds. The van der Waals surface area contributed by atoms with Crippen molar-refractivity contribution in [3.63, 3.8) is 0 Å². The molecule has 130 valence electrons. The van der Waals surface area contributed by atoms with Crippen LogP contribution in [0.25, 0.3) is 0 Å². The predicted octanol–water partition coefficient (Wildman–Crippen LogP) is 2.98. The summed E-state index contributed by atoms with van der Waals surface area (Å²) in [6.45, 7) is 2.49. The highest BCUT2D eigenvalue weighted by Gasteiger charge is 2.27. The van der Waals surface area contributed by atoms with E-state index in [0.29, 0.717) is 17.1 Å². The number of allylic oxidation sites excluding steroid dienone is 1. The molecule has 6 heteroatoms. The third-order valence-corrected chi connectivity index (χ3v) is 5.89. The van der Waals surface area contributed by atoms with E-state index in [1.807, 2.05) is 49.4 Å². The summed E-state index contributed by atoms with van der Waals surface area (Å²) in [7, 11) is -3.62. The van der Waals surface area contributed by atoms with Crippen LogP contribution in [0.1, 0.15) is 17.7 Å². The van der Waals surface area contributed by atoms with E-state index in [-0.39, 0.29) is 12.6 Å². The number of pyridine rings is 1. The van der Waals surface area contributed by atoms with Crippen molar-refractivity contribution in [1.29, 1.82) is 0 Å². The molecule has 0 aliphatic carbocycles. The monoisotopic (exact) mass is 355 g/mol. The summed E-state index contributed by atoms with van der Waals surface area (Å²) in [5.74, 6) is 0. The lowest BCUT2D eigenvalue weighted by Gasteiger charge is -2.25. The van der Waals surface area contributed by atoms with Crippen LogP contribution in [0.4, 0.5) is 0 Å². The Morgan fingerprint density at radius 3 is 2.60 bits per heavy atom. The van der Waals surface area contributed by atoms with Gasteiger partial charge in [-0.05, 0) is 43.7 Å². The van der Waals surface area contributed by atoms with Gasteiger partial charge >= 0.3 is 0 Å². The van der Waals surface area contributed by atoms with Crippen molar-refractivity contribution in [1.82, 2.24) is 9.29 Å². The molecule has 2 aromatic rings. The van der Waals surface area contributed by atoms with Crippen LogP contribution < -0.4 is 0 Å². The van der Waals surface area contributed by atoms with Crippen LogP contribution >= 0.6 is 0 Å². The number of aromatic nitrogens is 1. The molecule has 0 fully saturated rings. The Balaban J connectivity index is 1.89. The molecular weight excluding hydrogens is 334 g/mol. The summed E-state index contributed by atoms with van der Waals surface area (Å²) < 4.78 is 27.8. The van der Waals surface area contributed by atoms with Gasteiger partial charge in [-0.3, -0.25) is 9.98 Å². The summed E-state index contributed by atoms with van der Waals surface area (Å²) in [5, 5.41) is 0. The molecular formula is C19H21N3O2S. The second kappa shape index (κ2) is 7.72. The number of benzene rings is 1. The maximum atomic E-state index is 13.1. The van der Waals surface area contributed by atoms with E-state index in [2.05, 4.69) is 9.98 Å². The number of aliphatic imine (C=N–C) groups is 1. The molecule has 1 aliphatic heterocycles. The molecule has 25 heavy (non-hydrogen) atoms. The van der Waals surface area contributed by atoms with Gasteiger partial charge in [0.05, 0.1) is 23.2 Å². The van der Waals surface area contributed by atoms with E-state index < -0.39 is 10.0 Å². The number of hydrogen-bond donors (Lipinski definition) is 0. The summed E-state index contributed by atoms with van der Waals surface area (Å²) >= 11 is 0. The van der Waals surface area contributed by atoms with Gasteiger partial charge in [-0.25, -0.2) is 8.42 Å². The van der Waals surface area contributed by atoms with E-state index >= 15 is 0 Å². The van der Waals surface area contributed by atoms with Gasteiger partial charge in [0.2, 0.25) is 10.0 Å². The second-order valence-electron chi connectivity index (χ2n) is 6.05. The molecule has 0 saturated carbocycles. The molecule has 0 saturated heterocycles. The van der Waals surface area contributed by atoms with Crippen LogP contribution in [0.15, 0.2) is 70.7 Å². The van der Waals surface area contributed by atoms with Crippen molar-refractivity contribution < 1.29 is 8.42 Å². The number of hydrogen-bond acceptors (Lipinski definition) is 4. The zero-order chi connectivity index (χ0) is 17.7. The van der Waals surface area contributed by atoms with Gasteiger partial charge in [-0.1, -0.05) is 29.8 Å². The Hall–Kier alpha value is -2.31. The molecule has 5 nitrogen and oxygen atoms in total. The standard InChI is InChI=1S/C19H21N3O2S/c1-16-8-10-19(11-9-16)25(23,24)22(14-17-6-2-4-12-20-17)15-18-7-3-5-13-21-18/h2-6,8-13,18H,7,14-15H2,1H3. The van der Waals surface area contributed by atoms with Gasteiger partial charge in [0.25, 0.3) is 0 Å². The third-order valence-electron chi connectivity index (χ3n) is 4.06. The van der Waals surface area contributed by atoms with Crippen molar-refractivity contribution in [3.8, 4) is 0 Å². The summed E-state index contributed by atoms with van der Waals surface area (Å²) in [5.41, 5.74) is 1.74. The van der Waals surface area contributed by atoms with Crippen LogP contribution in [0, 0.1) is 6.92 Å². The second-order valence-corrected chi connectivity index (χ2v) is 7.99. The SMILES string of the molecule is Cc1ccc(S(=O)(=O)N(Cc2ccccn2)CC2CC=CC=N2)cc1. The molecule has 1 aliphatic rings. The number of nitrogens with zero attached hydrogens (tertiary/aromatic N) is 3. The predicted molar refractivity (Wildman–Crippen MR) is 99.0 cm³/mol. The Morgan fingerprint density at radius 2 is 1.96 bits per heavy atom. The van der Waals surface area contributed by atoms with Gasteiger partial charge in [-0.2, -0.15) is 4.31 Å². The minimum absolute atomic E-state index is 0.0751. The van der Waals surface area contributed by atoms with Crippen LogP contribution in [0.5, 0.6) is 0 Å². The van der Waals surface area contributed by atoms with E-state index in [0.717, 1.165) is 12.0 Å². The molecule has 1 aromatic carbocycles. The smallest absolute Gasteiger partial charge is 0.243 e. The Bertz CT molecular complexity index is 859. The molecule has 0 spiro atoms. The molecule has 1 aromatic heterocycles. The van der Waals surface area contributed by atoms with Crippen LogP contribution in [-0.2, 0) is 16.6 Å². The fraction of sp³-hybridized carbons (Fsp3) is 0.263. The van der Waals surface area contributed by atoms with Crippen molar-refractivity contribution in [2.45, 2.75) is 30.8 Å². The normalized spacial score (nSPS) is 17.1. The van der Waals surface area contributed by atoms with Gasteiger partial charge in [0, 0.05) is 19.0 Å². The summed E-state index contributed by atoms with van der Waals surface area (Å²) in [4.78, 5) is 8.96. The highest BCUT2D eigenvalue weighted by atomic mass is 32.2. The zero-order valence-electron chi connectivity index (χ0n) is 14.1. The zero-order valence-corrected chi connectivity index (χ0v) is 14.9. The van der Waals surface area contributed by atoms with E-state index in [4.69, 9.17) is 0 Å². The van der Waals surface area contributed by atoms with Gasteiger partial charge in [0.1, 0.15) is 0 Å². The fourth-order valence-corrected chi connectivity index (χ4v) is 4.11. The van der Waals surface area contributed by atoms with E-state index in [1.165, 1.54) is 4.31 Å². The molecule has 0 radical (unpaired) electrons. The van der Waals surface area contributed by atoms with E-state index in [1.54, 1.807) is 24.5 Å². The number of sulfonamides is 1. The highest BCUT2D eigenvalue weighted by Crippen LogP contribution is 2.20. The molecule has 1 unspecified atom stereocenters. The highest BCUT2D eigenvalue weighted by molar-refractivity contribution is 7.89. The molecule has 1 atom stereocenters.